The summed E-state index contributed by atoms with van der Waals surface area (Å²) < 4.78 is 11.5. The molecule has 0 unspecified atom stereocenters. The molecule has 0 saturated carbocycles. The van der Waals surface area contributed by atoms with Crippen molar-refractivity contribution in [1.82, 2.24) is 15.0 Å². The van der Waals surface area contributed by atoms with Crippen LogP contribution in [0.2, 0.25) is 0 Å². The lowest BCUT2D eigenvalue weighted by Crippen LogP contribution is -2.11. The molecule has 1 N–H and O–H groups in total. The van der Waals surface area contributed by atoms with Crippen molar-refractivity contribution in [2.45, 2.75) is 26.5 Å². The average Bonchev–Trinajstić information content (AvgIpc) is 2.47. The highest BCUT2D eigenvalue weighted by molar-refractivity contribution is 9.10. The lowest BCUT2D eigenvalue weighted by molar-refractivity contribution is 0.230. The van der Waals surface area contributed by atoms with E-state index in [1.54, 1.807) is 19.5 Å². The highest BCUT2D eigenvalue weighted by atomic mass is 79.9. The third kappa shape index (κ3) is 4.29. The van der Waals surface area contributed by atoms with Gasteiger partial charge in [0.1, 0.15) is 0 Å². The molecule has 0 aliphatic carbocycles. The maximum absolute atomic E-state index is 5.67. The van der Waals surface area contributed by atoms with Crippen molar-refractivity contribution in [3.8, 4) is 11.8 Å². The van der Waals surface area contributed by atoms with E-state index in [-0.39, 0.29) is 6.10 Å². The minimum absolute atomic E-state index is 0.0719. The van der Waals surface area contributed by atoms with Crippen molar-refractivity contribution in [3.05, 3.63) is 34.6 Å². The van der Waals surface area contributed by atoms with Gasteiger partial charge in [-0.3, -0.25) is 0 Å². The van der Waals surface area contributed by atoms with Crippen LogP contribution in [0, 0.1) is 0 Å². The summed E-state index contributed by atoms with van der Waals surface area (Å²) in [5, 5.41) is 3.13. The predicted octanol–water partition coefficient (Wildman–Crippen LogP) is 3.04. The van der Waals surface area contributed by atoms with Gasteiger partial charge in [0.2, 0.25) is 17.7 Å². The number of nitrogens with one attached hydrogen (secondary N) is 1. The van der Waals surface area contributed by atoms with Crippen LogP contribution >= 0.6 is 15.9 Å². The summed E-state index contributed by atoms with van der Waals surface area (Å²) in [6.07, 6.45) is 3.42. The van der Waals surface area contributed by atoms with Crippen LogP contribution in [0.5, 0.6) is 11.8 Å². The molecule has 21 heavy (non-hydrogen) atoms. The first kappa shape index (κ1) is 15.5. The number of halogens is 1. The Labute approximate surface area is 132 Å². The van der Waals surface area contributed by atoms with Gasteiger partial charge in [-0.15, -0.1) is 0 Å². The largest absolute Gasteiger partial charge is 0.480 e. The molecule has 0 aliphatic rings. The van der Waals surface area contributed by atoms with Crippen LogP contribution in [-0.4, -0.2) is 28.2 Å². The van der Waals surface area contributed by atoms with Gasteiger partial charge in [0.05, 0.1) is 23.9 Å². The average molecular weight is 353 g/mol. The van der Waals surface area contributed by atoms with Crippen LogP contribution in [-0.2, 0) is 6.54 Å². The lowest BCUT2D eigenvalue weighted by Gasteiger charge is -2.13. The molecule has 0 aromatic carbocycles. The minimum Gasteiger partial charge on any atom is -0.480 e. The second-order valence-electron chi connectivity index (χ2n) is 4.54. The molecule has 0 amide bonds. The molecule has 0 spiro atoms. The molecule has 0 fully saturated rings. The van der Waals surface area contributed by atoms with Gasteiger partial charge >= 0.3 is 0 Å². The maximum Gasteiger partial charge on any atom is 0.232 e. The van der Waals surface area contributed by atoms with Gasteiger partial charge < -0.3 is 14.8 Å². The highest BCUT2D eigenvalue weighted by Crippen LogP contribution is 2.22. The van der Waals surface area contributed by atoms with E-state index in [2.05, 4.69) is 36.2 Å². The van der Waals surface area contributed by atoms with Crippen molar-refractivity contribution in [3.63, 3.8) is 0 Å². The topological polar surface area (TPSA) is 69.2 Å². The fraction of sp³-hybridized carbons (Fsp3) is 0.357. The smallest absolute Gasteiger partial charge is 0.232 e. The first-order valence-electron chi connectivity index (χ1n) is 6.51. The van der Waals surface area contributed by atoms with Crippen molar-refractivity contribution < 1.29 is 9.47 Å². The molecule has 6 nitrogen and oxygen atoms in total. The Hall–Kier alpha value is -1.89. The number of nitrogens with zero attached hydrogens (tertiary/aromatic N) is 3. The number of anilines is 1. The molecular weight excluding hydrogens is 336 g/mol. The Kier molecular flexibility index (Phi) is 5.32. The zero-order chi connectivity index (χ0) is 15.2. The molecule has 2 aromatic rings. The summed E-state index contributed by atoms with van der Waals surface area (Å²) in [5.74, 6) is 1.58. The number of hydrogen-bond donors (Lipinski definition) is 1. The summed E-state index contributed by atoms with van der Waals surface area (Å²) in [5.41, 5.74) is 0.941. The molecule has 0 saturated heterocycles. The summed E-state index contributed by atoms with van der Waals surface area (Å²) in [4.78, 5) is 12.7. The second kappa shape index (κ2) is 7.21. The van der Waals surface area contributed by atoms with Crippen molar-refractivity contribution in [1.29, 1.82) is 0 Å². The predicted molar refractivity (Wildman–Crippen MR) is 83.6 cm³/mol. The summed E-state index contributed by atoms with van der Waals surface area (Å²) in [7, 11) is 1.56. The summed E-state index contributed by atoms with van der Waals surface area (Å²) >= 11 is 3.32. The number of aromatic nitrogens is 3. The van der Waals surface area contributed by atoms with E-state index in [0.717, 1.165) is 5.56 Å². The fourth-order valence-electron chi connectivity index (χ4n) is 1.64. The Bertz CT molecular complexity index is 607. The van der Waals surface area contributed by atoms with Crippen LogP contribution in [0.25, 0.3) is 0 Å². The summed E-state index contributed by atoms with van der Waals surface area (Å²) in [6.45, 7) is 4.45. The zero-order valence-corrected chi connectivity index (χ0v) is 13.7. The minimum atomic E-state index is 0.0719. The molecule has 0 atom stereocenters. The van der Waals surface area contributed by atoms with Crippen LogP contribution in [0.15, 0.2) is 29.0 Å². The van der Waals surface area contributed by atoms with Gasteiger partial charge in [-0.05, 0) is 35.8 Å². The van der Waals surface area contributed by atoms with E-state index in [9.17, 15) is 0 Å². The van der Waals surface area contributed by atoms with E-state index in [1.165, 1.54) is 0 Å². The van der Waals surface area contributed by atoms with Crippen molar-refractivity contribution in [2.75, 3.05) is 12.4 Å². The Morgan fingerprint density at radius 3 is 2.81 bits per heavy atom. The first-order chi connectivity index (χ1) is 10.1. The quantitative estimate of drug-likeness (QED) is 0.861. The lowest BCUT2D eigenvalue weighted by atomic mass is 10.2. The fourth-order valence-corrected chi connectivity index (χ4v) is 2.00. The van der Waals surface area contributed by atoms with E-state index in [1.807, 2.05) is 26.0 Å². The molecule has 2 rings (SSSR count). The highest BCUT2D eigenvalue weighted by Gasteiger charge is 2.09. The Morgan fingerprint density at radius 1 is 1.29 bits per heavy atom. The van der Waals surface area contributed by atoms with Crippen LogP contribution in [0.1, 0.15) is 19.4 Å². The number of rotatable bonds is 6. The summed E-state index contributed by atoms with van der Waals surface area (Å²) in [6, 6.07) is 3.82. The maximum atomic E-state index is 5.67. The number of ether oxygens (including phenoxy) is 2. The Balaban J connectivity index is 2.09. The van der Waals surface area contributed by atoms with Gasteiger partial charge in [-0.1, -0.05) is 6.07 Å². The van der Waals surface area contributed by atoms with Crippen molar-refractivity contribution >= 4 is 21.9 Å². The normalized spacial score (nSPS) is 10.5. The number of pyridine rings is 1. The number of hydrogen-bond acceptors (Lipinski definition) is 6. The molecule has 0 aliphatic heterocycles. The van der Waals surface area contributed by atoms with E-state index in [4.69, 9.17) is 9.47 Å². The number of methoxy groups -OCH3 is 1. The SMILES string of the molecule is COc1nc(NCc2cccnc2OC(C)C)ncc1Br. The Morgan fingerprint density at radius 2 is 2.10 bits per heavy atom. The first-order valence-corrected chi connectivity index (χ1v) is 7.30. The van der Waals surface area contributed by atoms with Gasteiger partial charge in [0, 0.05) is 18.3 Å². The molecule has 2 aromatic heterocycles. The zero-order valence-electron chi connectivity index (χ0n) is 12.1. The molecule has 2 heterocycles. The van der Waals surface area contributed by atoms with Crippen LogP contribution < -0.4 is 14.8 Å². The molecule has 0 radical (unpaired) electrons. The standard InChI is InChI=1S/C14H17BrN4O2/c1-9(2)21-12-10(5-4-6-16-12)7-17-14-18-8-11(15)13(19-14)20-3/h4-6,8-9H,7H2,1-3H3,(H,17,18,19). The molecular formula is C14H17BrN4O2. The van der Waals surface area contributed by atoms with E-state index in [0.29, 0.717) is 28.7 Å². The van der Waals surface area contributed by atoms with Gasteiger partial charge in [0.25, 0.3) is 0 Å². The van der Waals surface area contributed by atoms with Crippen LogP contribution in [0.4, 0.5) is 5.95 Å². The van der Waals surface area contributed by atoms with Crippen molar-refractivity contribution in [2.24, 2.45) is 0 Å². The monoisotopic (exact) mass is 352 g/mol. The van der Waals surface area contributed by atoms with E-state index >= 15 is 0 Å². The molecule has 112 valence electrons. The van der Waals surface area contributed by atoms with Gasteiger partial charge in [-0.2, -0.15) is 4.98 Å². The third-order valence-corrected chi connectivity index (χ3v) is 3.08. The van der Waals surface area contributed by atoms with Crippen LogP contribution in [0.3, 0.4) is 0 Å². The van der Waals surface area contributed by atoms with Gasteiger partial charge in [0.15, 0.2) is 0 Å². The van der Waals surface area contributed by atoms with Gasteiger partial charge in [-0.25, -0.2) is 9.97 Å². The molecule has 7 heteroatoms. The van der Waals surface area contributed by atoms with E-state index < -0.39 is 0 Å². The molecule has 0 bridgehead atoms. The second-order valence-corrected chi connectivity index (χ2v) is 5.39. The third-order valence-electron chi connectivity index (χ3n) is 2.54.